The highest BCUT2D eigenvalue weighted by Crippen LogP contribution is 2.30. The van der Waals surface area contributed by atoms with Gasteiger partial charge in [0.05, 0.1) is 5.71 Å². The molecule has 1 aliphatic rings. The van der Waals surface area contributed by atoms with Crippen molar-refractivity contribution >= 4 is 23.2 Å². The van der Waals surface area contributed by atoms with Crippen molar-refractivity contribution in [2.45, 2.75) is 90.5 Å². The highest BCUT2D eigenvalue weighted by molar-refractivity contribution is 7.91. The van der Waals surface area contributed by atoms with Crippen molar-refractivity contribution < 1.29 is 14.1 Å². The van der Waals surface area contributed by atoms with E-state index in [0.717, 1.165) is 31.4 Å². The summed E-state index contributed by atoms with van der Waals surface area (Å²) in [6.45, 7) is 13.4. The lowest BCUT2D eigenvalue weighted by Gasteiger charge is -2.35. The Balaban J connectivity index is 2.57. The first kappa shape index (κ1) is 21.3. The first-order chi connectivity index (χ1) is 10.8. The molecule has 5 nitrogen and oxygen atoms in total. The van der Waals surface area contributed by atoms with Gasteiger partial charge in [-0.1, -0.05) is 4.40 Å². The molecule has 0 heterocycles. The SMILES string of the molecule is CC(=N[S+]([O-])C(C)(C)C)C1CCC(N(C)C(=O)OC(C)(C)C)CC1. The maximum Gasteiger partial charge on any atom is 0.410 e. The molecule has 0 N–H and O–H groups in total. The molecule has 6 heteroatoms. The van der Waals surface area contributed by atoms with E-state index < -0.39 is 17.0 Å². The van der Waals surface area contributed by atoms with Gasteiger partial charge in [0, 0.05) is 19.0 Å². The van der Waals surface area contributed by atoms with E-state index in [1.54, 1.807) is 4.90 Å². The molecule has 1 atom stereocenters. The Bertz CT molecular complexity index is 458. The predicted molar refractivity (Wildman–Crippen MR) is 101 cm³/mol. The van der Waals surface area contributed by atoms with Crippen LogP contribution in [-0.4, -0.2) is 44.7 Å². The lowest BCUT2D eigenvalue weighted by Crippen LogP contribution is -2.43. The van der Waals surface area contributed by atoms with E-state index in [1.165, 1.54) is 0 Å². The van der Waals surface area contributed by atoms with Crippen LogP contribution in [0.3, 0.4) is 0 Å². The van der Waals surface area contributed by atoms with Crippen LogP contribution in [0.15, 0.2) is 4.40 Å². The molecule has 0 aromatic carbocycles. The molecule has 0 aliphatic heterocycles. The number of hydrogen-bond acceptors (Lipinski definition) is 4. The van der Waals surface area contributed by atoms with Crippen LogP contribution in [0.2, 0.25) is 0 Å². The van der Waals surface area contributed by atoms with Crippen LogP contribution in [0.25, 0.3) is 0 Å². The van der Waals surface area contributed by atoms with Gasteiger partial charge in [-0.25, -0.2) is 4.79 Å². The van der Waals surface area contributed by atoms with Crippen molar-refractivity contribution in [1.29, 1.82) is 0 Å². The van der Waals surface area contributed by atoms with E-state index in [0.29, 0.717) is 5.92 Å². The molecule has 24 heavy (non-hydrogen) atoms. The summed E-state index contributed by atoms with van der Waals surface area (Å²) in [4.78, 5) is 13.9. The lowest BCUT2D eigenvalue weighted by molar-refractivity contribution is 0.0181. The molecule has 0 radical (unpaired) electrons. The fourth-order valence-electron chi connectivity index (χ4n) is 2.71. The Hall–Kier alpha value is -0.750. The molecule has 1 rings (SSSR count). The average molecular weight is 359 g/mol. The summed E-state index contributed by atoms with van der Waals surface area (Å²) in [7, 11) is 1.81. The zero-order valence-corrected chi connectivity index (χ0v) is 17.3. The minimum Gasteiger partial charge on any atom is -0.591 e. The van der Waals surface area contributed by atoms with Gasteiger partial charge in [-0.2, -0.15) is 0 Å². The second-order valence-corrected chi connectivity index (χ2v) is 10.6. The fourth-order valence-corrected chi connectivity index (χ4v) is 3.39. The highest BCUT2D eigenvalue weighted by Gasteiger charge is 2.32. The summed E-state index contributed by atoms with van der Waals surface area (Å²) in [5.41, 5.74) is 0.504. The smallest absolute Gasteiger partial charge is 0.410 e. The van der Waals surface area contributed by atoms with E-state index in [4.69, 9.17) is 4.74 Å². The number of rotatable bonds is 3. The minimum absolute atomic E-state index is 0.206. The van der Waals surface area contributed by atoms with Gasteiger partial charge in [-0.3, -0.25) is 0 Å². The van der Waals surface area contributed by atoms with Crippen molar-refractivity contribution in [3.05, 3.63) is 0 Å². The van der Waals surface area contributed by atoms with Gasteiger partial charge in [0.15, 0.2) is 0 Å². The maximum absolute atomic E-state index is 12.2. The summed E-state index contributed by atoms with van der Waals surface area (Å²) >= 11 is -1.20. The topological polar surface area (TPSA) is 65.0 Å². The summed E-state index contributed by atoms with van der Waals surface area (Å²) in [5.74, 6) is 0.361. The quantitative estimate of drug-likeness (QED) is 0.557. The monoisotopic (exact) mass is 358 g/mol. The Labute approximate surface area is 150 Å². The van der Waals surface area contributed by atoms with Gasteiger partial charge in [-0.05, 0) is 74.1 Å². The molecule has 0 spiro atoms. The molecule has 0 aromatic rings. The van der Waals surface area contributed by atoms with Crippen LogP contribution < -0.4 is 0 Å². The van der Waals surface area contributed by atoms with E-state index in [1.807, 2.05) is 55.5 Å². The second-order valence-electron chi connectivity index (χ2n) is 8.69. The molecular formula is C18H34N2O3S. The number of carbonyl (C=O) groups is 1. The van der Waals surface area contributed by atoms with Crippen LogP contribution in [0.4, 0.5) is 4.79 Å². The van der Waals surface area contributed by atoms with Crippen molar-refractivity contribution in [2.24, 2.45) is 10.3 Å². The first-order valence-electron chi connectivity index (χ1n) is 8.74. The number of amides is 1. The molecule has 1 fully saturated rings. The molecule has 140 valence electrons. The molecule has 0 aromatic heterocycles. The molecule has 0 bridgehead atoms. The molecule has 1 unspecified atom stereocenters. The summed E-state index contributed by atoms with van der Waals surface area (Å²) in [6, 6.07) is 0.206. The van der Waals surface area contributed by atoms with Gasteiger partial charge < -0.3 is 14.2 Å². The minimum atomic E-state index is -1.20. The Morgan fingerprint density at radius 2 is 1.62 bits per heavy atom. The third kappa shape index (κ3) is 6.63. The standard InChI is InChI=1S/C18H34N2O3S/c1-13(19-24(22)18(5,6)7)14-9-11-15(12-10-14)20(8)16(21)23-17(2,3)4/h14-15H,9-12H2,1-8H3. The van der Waals surface area contributed by atoms with Crippen LogP contribution >= 0.6 is 0 Å². The van der Waals surface area contributed by atoms with Crippen molar-refractivity contribution in [1.82, 2.24) is 4.90 Å². The molecule has 1 saturated carbocycles. The highest BCUT2D eigenvalue weighted by atomic mass is 32.2. The van der Waals surface area contributed by atoms with Gasteiger partial charge in [0.2, 0.25) is 0 Å². The first-order valence-corrected chi connectivity index (χ1v) is 9.85. The molecule has 1 aliphatic carbocycles. The zero-order chi connectivity index (χ0) is 18.7. The number of carbonyl (C=O) groups excluding carboxylic acids is 1. The van der Waals surface area contributed by atoms with E-state index in [9.17, 15) is 9.35 Å². The Morgan fingerprint density at radius 3 is 2.04 bits per heavy atom. The van der Waals surface area contributed by atoms with Gasteiger partial charge in [0.25, 0.3) is 0 Å². The summed E-state index contributed by atoms with van der Waals surface area (Å²) in [5, 5.41) is 0. The number of ether oxygens (including phenoxy) is 1. The third-order valence-corrected chi connectivity index (χ3v) is 5.77. The van der Waals surface area contributed by atoms with Gasteiger partial charge in [-0.15, -0.1) is 0 Å². The number of nitrogens with zero attached hydrogens (tertiary/aromatic N) is 2. The van der Waals surface area contributed by atoms with Gasteiger partial charge >= 0.3 is 6.09 Å². The largest absolute Gasteiger partial charge is 0.591 e. The number of hydrogen-bond donors (Lipinski definition) is 0. The average Bonchev–Trinajstić information content (AvgIpc) is 2.43. The Kier molecular flexibility index (Phi) is 7.17. The Morgan fingerprint density at radius 1 is 1.12 bits per heavy atom. The van der Waals surface area contributed by atoms with Crippen LogP contribution in [-0.2, 0) is 16.1 Å². The van der Waals surface area contributed by atoms with Crippen molar-refractivity contribution in [3.63, 3.8) is 0 Å². The predicted octanol–water partition coefficient (Wildman–Crippen LogP) is 4.34. The van der Waals surface area contributed by atoms with E-state index >= 15 is 0 Å². The van der Waals surface area contributed by atoms with Gasteiger partial charge in [0.1, 0.15) is 21.7 Å². The fraction of sp³-hybridized carbons (Fsp3) is 0.889. The van der Waals surface area contributed by atoms with E-state index in [2.05, 4.69) is 4.40 Å². The van der Waals surface area contributed by atoms with Crippen molar-refractivity contribution in [3.8, 4) is 0 Å². The second kappa shape index (κ2) is 8.09. The van der Waals surface area contributed by atoms with E-state index in [-0.39, 0.29) is 16.9 Å². The lowest BCUT2D eigenvalue weighted by atomic mass is 9.83. The normalized spacial score (nSPS) is 24.5. The molecule has 0 saturated heterocycles. The summed E-state index contributed by atoms with van der Waals surface area (Å²) < 4.78 is 21.7. The summed E-state index contributed by atoms with van der Waals surface area (Å²) in [6.07, 6.45) is 3.53. The van der Waals surface area contributed by atoms with Crippen LogP contribution in [0.1, 0.15) is 74.1 Å². The maximum atomic E-state index is 12.2. The van der Waals surface area contributed by atoms with Crippen molar-refractivity contribution in [2.75, 3.05) is 7.05 Å². The molecular weight excluding hydrogens is 324 g/mol. The van der Waals surface area contributed by atoms with Crippen LogP contribution in [0, 0.1) is 5.92 Å². The molecule has 1 amide bonds. The zero-order valence-electron chi connectivity index (χ0n) is 16.5. The van der Waals surface area contributed by atoms with Crippen LogP contribution in [0.5, 0.6) is 0 Å². The third-order valence-electron chi connectivity index (χ3n) is 4.27.